The van der Waals surface area contributed by atoms with Crippen LogP contribution in [0.3, 0.4) is 0 Å². The first-order valence-corrected chi connectivity index (χ1v) is 13.3. The summed E-state index contributed by atoms with van der Waals surface area (Å²) in [5.41, 5.74) is 0.0850. The van der Waals surface area contributed by atoms with Crippen LogP contribution in [-0.2, 0) is 25.5 Å². The molecule has 1 saturated heterocycles. The van der Waals surface area contributed by atoms with Crippen LogP contribution in [0.25, 0.3) is 0 Å². The van der Waals surface area contributed by atoms with E-state index in [0.29, 0.717) is 6.54 Å². The summed E-state index contributed by atoms with van der Waals surface area (Å²) in [5.74, 6) is -2.81. The van der Waals surface area contributed by atoms with Gasteiger partial charge in [-0.05, 0) is 26.8 Å². The Morgan fingerprint density at radius 2 is 2.14 bits per heavy atom. The van der Waals surface area contributed by atoms with Gasteiger partial charge in [0.25, 0.3) is 0 Å². The predicted molar refractivity (Wildman–Crippen MR) is 126 cm³/mol. The first-order chi connectivity index (χ1) is 16.6. The quantitative estimate of drug-likeness (QED) is 0.270. The van der Waals surface area contributed by atoms with E-state index >= 15 is 0 Å². The third-order valence-electron chi connectivity index (χ3n) is 4.89. The van der Waals surface area contributed by atoms with Crippen LogP contribution in [0, 0.1) is 11.6 Å². The average molecular weight is 532 g/mol. The highest BCUT2D eigenvalue weighted by Gasteiger charge is 2.28. The van der Waals surface area contributed by atoms with Gasteiger partial charge in [-0.3, -0.25) is 4.72 Å². The molecule has 0 radical (unpaired) electrons. The lowest BCUT2D eigenvalue weighted by atomic mass is 10.2. The van der Waals surface area contributed by atoms with Gasteiger partial charge in [-0.25, -0.2) is 18.6 Å². The number of thioether (sulfide) groups is 1. The second kappa shape index (κ2) is 11.9. The summed E-state index contributed by atoms with van der Waals surface area (Å²) >= 11 is 0.949. The summed E-state index contributed by atoms with van der Waals surface area (Å²) in [5, 5.41) is 3.20. The van der Waals surface area contributed by atoms with Crippen LogP contribution in [-0.4, -0.2) is 67.0 Å². The third-order valence-corrected chi connectivity index (χ3v) is 7.27. The van der Waals surface area contributed by atoms with Gasteiger partial charge in [0.15, 0.2) is 22.9 Å². The van der Waals surface area contributed by atoms with Crippen molar-refractivity contribution in [2.75, 3.05) is 31.0 Å². The van der Waals surface area contributed by atoms with E-state index in [-0.39, 0.29) is 53.9 Å². The molecule has 2 heterocycles. The molecule has 1 aliphatic rings. The predicted octanol–water partition coefficient (Wildman–Crippen LogP) is 2.33. The zero-order valence-electron chi connectivity index (χ0n) is 19.5. The zero-order valence-corrected chi connectivity index (χ0v) is 21.1. The Kier molecular flexibility index (Phi) is 9.21. The number of esters is 1. The van der Waals surface area contributed by atoms with Crippen LogP contribution in [0.4, 0.5) is 14.6 Å². The molecule has 192 valence electrons. The Hall–Kier alpha value is -2.55. The van der Waals surface area contributed by atoms with E-state index in [4.69, 9.17) is 9.47 Å². The van der Waals surface area contributed by atoms with Crippen molar-refractivity contribution in [2.45, 2.75) is 43.8 Å². The van der Waals surface area contributed by atoms with Crippen LogP contribution in [0.5, 0.6) is 5.88 Å². The van der Waals surface area contributed by atoms with Crippen molar-refractivity contribution in [3.8, 4) is 5.88 Å². The summed E-state index contributed by atoms with van der Waals surface area (Å²) in [7, 11) is -3.95. The number of benzene rings is 1. The van der Waals surface area contributed by atoms with Gasteiger partial charge in [0.1, 0.15) is 5.82 Å². The van der Waals surface area contributed by atoms with E-state index in [1.165, 1.54) is 29.4 Å². The first kappa shape index (κ1) is 27.0. The van der Waals surface area contributed by atoms with Crippen molar-refractivity contribution in [1.82, 2.24) is 19.6 Å². The molecule has 10 nitrogen and oxygen atoms in total. The monoisotopic (exact) mass is 531 g/mol. The molecule has 0 aliphatic carbocycles. The Bertz CT molecular complexity index is 1150. The summed E-state index contributed by atoms with van der Waals surface area (Å²) in [6, 6.07) is 5.02. The smallest absolute Gasteiger partial charge is 0.347 e. The second-order valence-electron chi connectivity index (χ2n) is 7.71. The molecule has 0 saturated carbocycles. The Morgan fingerprint density at radius 3 is 2.86 bits per heavy atom. The maximum atomic E-state index is 14.0. The number of piperazine rings is 1. The van der Waals surface area contributed by atoms with Crippen LogP contribution in [0.1, 0.15) is 26.3 Å². The average Bonchev–Trinajstić information content (AvgIpc) is 2.80. The van der Waals surface area contributed by atoms with E-state index in [9.17, 15) is 22.0 Å². The number of halogens is 2. The maximum Gasteiger partial charge on any atom is 0.347 e. The molecular weight excluding hydrogens is 504 g/mol. The van der Waals surface area contributed by atoms with Crippen molar-refractivity contribution in [3.05, 3.63) is 41.5 Å². The number of hydrogen-bond acceptors (Lipinski definition) is 9. The van der Waals surface area contributed by atoms with Crippen molar-refractivity contribution < 1.29 is 31.5 Å². The Morgan fingerprint density at radius 1 is 1.37 bits per heavy atom. The molecule has 2 atom stereocenters. The Balaban J connectivity index is 1.85. The number of carbonyl (C=O) groups is 1. The van der Waals surface area contributed by atoms with E-state index in [1.54, 1.807) is 6.92 Å². The SMILES string of the molecule is CCOC(=O)[C@@H](C)Oc1cc(NS(=O)(=O)N2CCN[C@@H](C)C2)nc(SCc2cccc(F)c2F)n1. The van der Waals surface area contributed by atoms with Gasteiger partial charge in [-0.15, -0.1) is 0 Å². The summed E-state index contributed by atoms with van der Waals surface area (Å²) < 4.78 is 67.6. The lowest BCUT2D eigenvalue weighted by molar-refractivity contribution is -0.150. The number of carbonyl (C=O) groups excluding carboxylic acids is 1. The van der Waals surface area contributed by atoms with Gasteiger partial charge in [0.2, 0.25) is 5.88 Å². The van der Waals surface area contributed by atoms with Crippen LogP contribution in [0.2, 0.25) is 0 Å². The van der Waals surface area contributed by atoms with Crippen LogP contribution < -0.4 is 14.8 Å². The summed E-state index contributed by atoms with van der Waals surface area (Å²) in [4.78, 5) is 20.3. The minimum atomic E-state index is -3.95. The number of rotatable bonds is 10. The van der Waals surface area contributed by atoms with Gasteiger partial charge in [0.05, 0.1) is 6.61 Å². The molecule has 3 rings (SSSR count). The summed E-state index contributed by atoms with van der Waals surface area (Å²) in [6.45, 7) is 6.18. The van der Waals surface area contributed by atoms with Gasteiger partial charge in [0, 0.05) is 43.1 Å². The molecular formula is C21H27F2N5O5S2. The minimum absolute atomic E-state index is 0.0256. The number of anilines is 1. The molecule has 1 fully saturated rings. The van der Waals surface area contributed by atoms with Crippen molar-refractivity contribution in [2.24, 2.45) is 0 Å². The molecule has 1 aromatic heterocycles. The zero-order chi connectivity index (χ0) is 25.6. The molecule has 0 bridgehead atoms. The highest BCUT2D eigenvalue weighted by atomic mass is 32.2. The number of nitrogens with one attached hydrogen (secondary N) is 2. The van der Waals surface area contributed by atoms with E-state index in [2.05, 4.69) is 20.0 Å². The van der Waals surface area contributed by atoms with Gasteiger partial charge in [-0.2, -0.15) is 17.7 Å². The largest absolute Gasteiger partial charge is 0.463 e. The molecule has 0 unspecified atom stereocenters. The normalized spacial score (nSPS) is 17.6. The van der Waals surface area contributed by atoms with Crippen molar-refractivity contribution in [1.29, 1.82) is 0 Å². The standard InChI is InChI=1S/C21H27F2N5O5S2/c1-4-32-20(29)14(3)33-18-10-17(27-35(30,31)28-9-8-24-13(2)11-28)25-21(26-18)34-12-15-6-5-7-16(22)19(15)23/h5-7,10,13-14,24H,4,8-9,11-12H2,1-3H3,(H,25,26,27)/t13-,14+/m0/s1. The van der Waals surface area contributed by atoms with Gasteiger partial charge in [-0.1, -0.05) is 23.9 Å². The van der Waals surface area contributed by atoms with Crippen LogP contribution >= 0.6 is 11.8 Å². The summed E-state index contributed by atoms with van der Waals surface area (Å²) in [6.07, 6.45) is -1.03. The van der Waals surface area contributed by atoms with E-state index < -0.39 is 33.9 Å². The Labute approximate surface area is 207 Å². The number of nitrogens with zero attached hydrogens (tertiary/aromatic N) is 3. The number of hydrogen-bond donors (Lipinski definition) is 2. The lowest BCUT2D eigenvalue weighted by Crippen LogP contribution is -2.52. The first-order valence-electron chi connectivity index (χ1n) is 10.9. The molecule has 1 aromatic carbocycles. The molecule has 1 aliphatic heterocycles. The second-order valence-corrected chi connectivity index (χ2v) is 10.3. The molecule has 14 heteroatoms. The van der Waals surface area contributed by atoms with Crippen molar-refractivity contribution in [3.63, 3.8) is 0 Å². The van der Waals surface area contributed by atoms with Gasteiger partial charge < -0.3 is 14.8 Å². The fourth-order valence-electron chi connectivity index (χ4n) is 3.18. The van der Waals surface area contributed by atoms with Crippen LogP contribution in [0.15, 0.2) is 29.4 Å². The van der Waals surface area contributed by atoms with Crippen molar-refractivity contribution >= 4 is 33.8 Å². The third kappa shape index (κ3) is 7.46. The minimum Gasteiger partial charge on any atom is -0.463 e. The molecule has 0 spiro atoms. The highest BCUT2D eigenvalue weighted by Crippen LogP contribution is 2.27. The highest BCUT2D eigenvalue weighted by molar-refractivity contribution is 7.98. The molecule has 35 heavy (non-hydrogen) atoms. The lowest BCUT2D eigenvalue weighted by Gasteiger charge is -2.30. The molecule has 2 aromatic rings. The topological polar surface area (TPSA) is 123 Å². The number of aromatic nitrogens is 2. The fourth-order valence-corrected chi connectivity index (χ4v) is 5.26. The molecule has 0 amide bonds. The maximum absolute atomic E-state index is 14.0. The van der Waals surface area contributed by atoms with E-state index in [1.807, 2.05) is 6.92 Å². The van der Waals surface area contributed by atoms with Gasteiger partial charge >= 0.3 is 16.2 Å². The molecule has 2 N–H and O–H groups in total. The van der Waals surface area contributed by atoms with E-state index in [0.717, 1.165) is 17.8 Å². The number of ether oxygens (including phenoxy) is 2. The fraction of sp³-hybridized carbons (Fsp3) is 0.476.